The molecule has 0 saturated carbocycles. The van der Waals surface area contributed by atoms with Crippen molar-refractivity contribution in [2.24, 2.45) is 5.92 Å². The summed E-state index contributed by atoms with van der Waals surface area (Å²) in [4.78, 5) is 12.0. The Labute approximate surface area is 117 Å². The SMILES string of the molecule is O=C(Cc1noc2ccccc12)NCC1CCCNC1. The minimum absolute atomic E-state index is 0.00891. The molecule has 106 valence electrons. The smallest absolute Gasteiger partial charge is 0.226 e. The molecule has 2 N–H and O–H groups in total. The zero-order valence-corrected chi connectivity index (χ0v) is 11.4. The average Bonchev–Trinajstić information content (AvgIpc) is 2.90. The monoisotopic (exact) mass is 273 g/mol. The van der Waals surface area contributed by atoms with Gasteiger partial charge in [-0.3, -0.25) is 4.79 Å². The average molecular weight is 273 g/mol. The molecule has 1 fully saturated rings. The number of nitrogens with one attached hydrogen (secondary N) is 2. The number of hydrogen-bond acceptors (Lipinski definition) is 4. The van der Waals surface area contributed by atoms with E-state index in [0.29, 0.717) is 11.6 Å². The fourth-order valence-electron chi connectivity index (χ4n) is 2.64. The molecule has 1 unspecified atom stereocenters. The molecule has 5 nitrogen and oxygen atoms in total. The Hall–Kier alpha value is -1.88. The van der Waals surface area contributed by atoms with E-state index in [4.69, 9.17) is 4.52 Å². The molecular weight excluding hydrogens is 254 g/mol. The lowest BCUT2D eigenvalue weighted by Crippen LogP contribution is -2.38. The minimum Gasteiger partial charge on any atom is -0.356 e. The van der Waals surface area contributed by atoms with Gasteiger partial charge in [-0.05, 0) is 44.0 Å². The Bertz CT molecular complexity index is 588. The van der Waals surface area contributed by atoms with Gasteiger partial charge in [-0.25, -0.2) is 0 Å². The van der Waals surface area contributed by atoms with Gasteiger partial charge in [0.15, 0.2) is 5.58 Å². The number of piperidine rings is 1. The Kier molecular flexibility index (Phi) is 3.97. The number of amides is 1. The number of para-hydroxylation sites is 1. The van der Waals surface area contributed by atoms with Gasteiger partial charge in [0.1, 0.15) is 5.69 Å². The molecule has 1 amide bonds. The van der Waals surface area contributed by atoms with Crippen LogP contribution in [0.3, 0.4) is 0 Å². The number of hydrogen-bond donors (Lipinski definition) is 2. The van der Waals surface area contributed by atoms with Gasteiger partial charge < -0.3 is 15.2 Å². The van der Waals surface area contributed by atoms with Gasteiger partial charge in [0, 0.05) is 11.9 Å². The summed E-state index contributed by atoms with van der Waals surface area (Å²) in [5, 5.41) is 11.2. The van der Waals surface area contributed by atoms with Crippen LogP contribution < -0.4 is 10.6 Å². The lowest BCUT2D eigenvalue weighted by Gasteiger charge is -2.22. The van der Waals surface area contributed by atoms with E-state index in [1.165, 1.54) is 12.8 Å². The van der Waals surface area contributed by atoms with Crippen molar-refractivity contribution in [2.75, 3.05) is 19.6 Å². The number of carbonyl (C=O) groups excluding carboxylic acids is 1. The van der Waals surface area contributed by atoms with E-state index >= 15 is 0 Å². The normalized spacial score (nSPS) is 19.1. The molecule has 1 saturated heterocycles. The van der Waals surface area contributed by atoms with Gasteiger partial charge in [-0.15, -0.1) is 0 Å². The first kappa shape index (κ1) is 13.1. The third kappa shape index (κ3) is 2.99. The summed E-state index contributed by atoms with van der Waals surface area (Å²) in [6.45, 7) is 2.82. The van der Waals surface area contributed by atoms with Gasteiger partial charge in [-0.2, -0.15) is 0 Å². The fraction of sp³-hybridized carbons (Fsp3) is 0.467. The number of aromatic nitrogens is 1. The van der Waals surface area contributed by atoms with E-state index in [9.17, 15) is 4.79 Å². The molecule has 1 aliphatic heterocycles. The van der Waals surface area contributed by atoms with Crippen molar-refractivity contribution >= 4 is 16.9 Å². The third-order valence-electron chi connectivity index (χ3n) is 3.77. The maximum atomic E-state index is 12.0. The molecular formula is C15H19N3O2. The fourth-order valence-corrected chi connectivity index (χ4v) is 2.64. The van der Waals surface area contributed by atoms with Crippen LogP contribution >= 0.6 is 0 Å². The van der Waals surface area contributed by atoms with Crippen LogP contribution in [0.4, 0.5) is 0 Å². The number of fused-ring (bicyclic) bond motifs is 1. The number of carbonyl (C=O) groups is 1. The number of nitrogens with zero attached hydrogens (tertiary/aromatic N) is 1. The van der Waals surface area contributed by atoms with Gasteiger partial charge >= 0.3 is 0 Å². The number of benzene rings is 1. The molecule has 0 aliphatic carbocycles. The van der Waals surface area contributed by atoms with Crippen molar-refractivity contribution in [3.63, 3.8) is 0 Å². The predicted octanol–water partition coefficient (Wildman–Crippen LogP) is 1.49. The Morgan fingerprint density at radius 3 is 3.20 bits per heavy atom. The van der Waals surface area contributed by atoms with Crippen LogP contribution in [0, 0.1) is 5.92 Å². The highest BCUT2D eigenvalue weighted by Crippen LogP contribution is 2.18. The summed E-state index contributed by atoms with van der Waals surface area (Å²) >= 11 is 0. The van der Waals surface area contributed by atoms with Crippen molar-refractivity contribution in [1.29, 1.82) is 0 Å². The van der Waals surface area contributed by atoms with Crippen molar-refractivity contribution in [3.8, 4) is 0 Å². The van der Waals surface area contributed by atoms with E-state index in [2.05, 4.69) is 15.8 Å². The molecule has 0 radical (unpaired) electrons. The highest BCUT2D eigenvalue weighted by molar-refractivity contribution is 5.86. The zero-order chi connectivity index (χ0) is 13.8. The highest BCUT2D eigenvalue weighted by atomic mass is 16.5. The summed E-state index contributed by atoms with van der Waals surface area (Å²) in [6.07, 6.45) is 2.64. The topological polar surface area (TPSA) is 67.2 Å². The Morgan fingerprint density at radius 2 is 2.35 bits per heavy atom. The van der Waals surface area contributed by atoms with Crippen molar-refractivity contribution in [1.82, 2.24) is 15.8 Å². The second-order valence-electron chi connectivity index (χ2n) is 5.32. The van der Waals surface area contributed by atoms with Crippen molar-refractivity contribution in [2.45, 2.75) is 19.3 Å². The maximum absolute atomic E-state index is 12.0. The van der Waals surface area contributed by atoms with E-state index < -0.39 is 0 Å². The maximum Gasteiger partial charge on any atom is 0.226 e. The highest BCUT2D eigenvalue weighted by Gasteiger charge is 2.15. The first-order valence-corrected chi connectivity index (χ1v) is 7.13. The van der Waals surface area contributed by atoms with Crippen LogP contribution in [0.1, 0.15) is 18.5 Å². The second-order valence-corrected chi connectivity index (χ2v) is 5.32. The Morgan fingerprint density at radius 1 is 1.45 bits per heavy atom. The van der Waals surface area contributed by atoms with Crippen LogP contribution in [0.5, 0.6) is 0 Å². The zero-order valence-electron chi connectivity index (χ0n) is 11.4. The summed E-state index contributed by atoms with van der Waals surface area (Å²) < 4.78 is 5.20. The summed E-state index contributed by atoms with van der Waals surface area (Å²) in [5.41, 5.74) is 1.44. The molecule has 1 atom stereocenters. The second kappa shape index (κ2) is 6.05. The molecule has 3 rings (SSSR count). The molecule has 20 heavy (non-hydrogen) atoms. The van der Waals surface area contributed by atoms with Crippen LogP contribution in [0.2, 0.25) is 0 Å². The summed E-state index contributed by atoms with van der Waals surface area (Å²) in [6, 6.07) is 7.61. The molecule has 1 aliphatic rings. The molecule has 1 aromatic heterocycles. The largest absolute Gasteiger partial charge is 0.356 e. The van der Waals surface area contributed by atoms with Crippen LogP contribution in [0.25, 0.3) is 11.0 Å². The Balaban J connectivity index is 1.55. The van der Waals surface area contributed by atoms with E-state index in [-0.39, 0.29) is 12.3 Å². The molecule has 0 bridgehead atoms. The predicted molar refractivity (Wildman–Crippen MR) is 76.3 cm³/mol. The molecule has 5 heteroatoms. The van der Waals surface area contributed by atoms with Crippen LogP contribution in [-0.2, 0) is 11.2 Å². The first-order valence-electron chi connectivity index (χ1n) is 7.13. The molecule has 2 aromatic rings. The molecule has 0 spiro atoms. The van der Waals surface area contributed by atoms with Crippen molar-refractivity contribution < 1.29 is 9.32 Å². The minimum atomic E-state index is 0.00891. The van der Waals surface area contributed by atoms with Crippen molar-refractivity contribution in [3.05, 3.63) is 30.0 Å². The van der Waals surface area contributed by atoms with Crippen LogP contribution in [0.15, 0.2) is 28.8 Å². The van der Waals surface area contributed by atoms with Crippen LogP contribution in [-0.4, -0.2) is 30.7 Å². The molecule has 1 aromatic carbocycles. The van der Waals surface area contributed by atoms with E-state index in [0.717, 1.165) is 30.6 Å². The van der Waals surface area contributed by atoms with Gasteiger partial charge in [0.2, 0.25) is 5.91 Å². The van der Waals surface area contributed by atoms with Gasteiger partial charge in [0.25, 0.3) is 0 Å². The summed E-state index contributed by atoms with van der Waals surface area (Å²) in [7, 11) is 0. The first-order chi connectivity index (χ1) is 9.83. The number of rotatable bonds is 4. The third-order valence-corrected chi connectivity index (χ3v) is 3.77. The molecule has 2 heterocycles. The van der Waals surface area contributed by atoms with Gasteiger partial charge in [0.05, 0.1) is 6.42 Å². The van der Waals surface area contributed by atoms with Gasteiger partial charge in [-0.1, -0.05) is 17.3 Å². The van der Waals surface area contributed by atoms with E-state index in [1.54, 1.807) is 0 Å². The lowest BCUT2D eigenvalue weighted by atomic mass is 10.00. The quantitative estimate of drug-likeness (QED) is 0.885. The lowest BCUT2D eigenvalue weighted by molar-refractivity contribution is -0.120. The van der Waals surface area contributed by atoms with E-state index in [1.807, 2.05) is 24.3 Å². The standard InChI is InChI=1S/C15H19N3O2/c19-15(17-10-11-4-3-7-16-9-11)8-13-12-5-1-2-6-14(12)20-18-13/h1-2,5-6,11,16H,3-4,7-10H2,(H,17,19). The summed E-state index contributed by atoms with van der Waals surface area (Å²) in [5.74, 6) is 0.552.